The molecule has 3 heterocycles. The summed E-state index contributed by atoms with van der Waals surface area (Å²) in [4.78, 5) is 19.1. The number of ether oxygens (including phenoxy) is 1. The van der Waals surface area contributed by atoms with Crippen molar-refractivity contribution in [1.29, 1.82) is 0 Å². The molecule has 2 aliphatic rings. The van der Waals surface area contributed by atoms with Gasteiger partial charge in [-0.05, 0) is 42.5 Å². The van der Waals surface area contributed by atoms with Crippen molar-refractivity contribution in [1.82, 2.24) is 15.2 Å². The molecular weight excluding hydrogens is 326 g/mol. The average molecular weight is 351 g/mol. The summed E-state index contributed by atoms with van der Waals surface area (Å²) in [6.45, 7) is 3.32. The molecule has 0 saturated carbocycles. The second-order valence-corrected chi connectivity index (χ2v) is 7.14. The van der Waals surface area contributed by atoms with Gasteiger partial charge in [-0.1, -0.05) is 18.2 Å². The van der Waals surface area contributed by atoms with E-state index in [4.69, 9.17) is 4.74 Å². The van der Waals surface area contributed by atoms with E-state index in [1.165, 1.54) is 6.42 Å². The Hall–Kier alpha value is -2.40. The maximum Gasteiger partial charge on any atom is 0.227 e. The van der Waals surface area contributed by atoms with E-state index >= 15 is 0 Å². The van der Waals surface area contributed by atoms with Gasteiger partial charge in [-0.15, -0.1) is 0 Å². The molecule has 0 radical (unpaired) electrons. The van der Waals surface area contributed by atoms with E-state index < -0.39 is 0 Å². The fourth-order valence-electron chi connectivity index (χ4n) is 4.07. The van der Waals surface area contributed by atoms with E-state index in [2.05, 4.69) is 15.2 Å². The average Bonchev–Trinajstić information content (AvgIpc) is 3.17. The molecule has 5 heteroatoms. The van der Waals surface area contributed by atoms with E-state index in [9.17, 15) is 4.79 Å². The number of amides is 1. The van der Waals surface area contributed by atoms with Crippen LogP contribution in [-0.2, 0) is 17.8 Å². The zero-order valence-corrected chi connectivity index (χ0v) is 14.9. The summed E-state index contributed by atoms with van der Waals surface area (Å²) in [5.74, 6) is 1.62. The van der Waals surface area contributed by atoms with Gasteiger partial charge in [-0.25, -0.2) is 0 Å². The Balaban J connectivity index is 1.43. The second kappa shape index (κ2) is 7.87. The minimum absolute atomic E-state index is 0.211. The third-order valence-corrected chi connectivity index (χ3v) is 5.46. The Bertz CT molecular complexity index is 750. The number of nitrogens with one attached hydrogen (secondary N) is 1. The Morgan fingerprint density at radius 3 is 2.92 bits per heavy atom. The first-order valence-electron chi connectivity index (χ1n) is 9.41. The van der Waals surface area contributed by atoms with Crippen molar-refractivity contribution in [3.05, 3.63) is 59.9 Å². The minimum Gasteiger partial charge on any atom is -0.489 e. The van der Waals surface area contributed by atoms with E-state index in [1.54, 1.807) is 12.4 Å². The maximum atomic E-state index is 13.0. The van der Waals surface area contributed by atoms with E-state index in [-0.39, 0.29) is 5.91 Å². The molecule has 1 amide bonds. The normalized spacial score (nSPS) is 22.1. The molecular formula is C21H25N3O2. The number of piperidine rings is 1. The summed E-state index contributed by atoms with van der Waals surface area (Å²) in [6.07, 6.45) is 6.25. The molecule has 0 unspecified atom stereocenters. The Morgan fingerprint density at radius 2 is 2.04 bits per heavy atom. The highest BCUT2D eigenvalue weighted by atomic mass is 16.5. The highest BCUT2D eigenvalue weighted by Gasteiger charge is 2.37. The van der Waals surface area contributed by atoms with Crippen LogP contribution in [-0.4, -0.2) is 41.5 Å². The number of nitrogens with zero attached hydrogens (tertiary/aromatic N) is 2. The molecule has 0 bridgehead atoms. The van der Waals surface area contributed by atoms with E-state index in [1.807, 2.05) is 36.4 Å². The molecule has 26 heavy (non-hydrogen) atoms. The highest BCUT2D eigenvalue weighted by Crippen LogP contribution is 2.28. The number of hydrogen-bond donors (Lipinski definition) is 1. The van der Waals surface area contributed by atoms with Gasteiger partial charge in [0, 0.05) is 43.6 Å². The van der Waals surface area contributed by atoms with Crippen LogP contribution in [0.15, 0.2) is 48.8 Å². The van der Waals surface area contributed by atoms with Crippen LogP contribution in [0, 0.1) is 5.92 Å². The number of likely N-dealkylation sites (tertiary alicyclic amines) is 1. The number of benzene rings is 1. The molecule has 2 saturated heterocycles. The number of rotatable bonds is 5. The van der Waals surface area contributed by atoms with Crippen molar-refractivity contribution in [2.75, 3.05) is 19.6 Å². The number of aromatic nitrogens is 1. The lowest BCUT2D eigenvalue weighted by molar-refractivity contribution is -0.134. The smallest absolute Gasteiger partial charge is 0.227 e. The predicted octanol–water partition coefficient (Wildman–Crippen LogP) is 2.41. The van der Waals surface area contributed by atoms with Crippen molar-refractivity contribution < 1.29 is 9.53 Å². The molecule has 1 aromatic carbocycles. The summed E-state index contributed by atoms with van der Waals surface area (Å²) in [5.41, 5.74) is 2.02. The number of fused-ring (bicyclic) bond motifs is 1. The van der Waals surface area contributed by atoms with Gasteiger partial charge in [-0.3, -0.25) is 9.78 Å². The second-order valence-electron chi connectivity index (χ2n) is 7.14. The monoisotopic (exact) mass is 351 g/mol. The van der Waals surface area contributed by atoms with Crippen LogP contribution in [0.3, 0.4) is 0 Å². The van der Waals surface area contributed by atoms with Gasteiger partial charge in [0.2, 0.25) is 5.91 Å². The van der Waals surface area contributed by atoms with Gasteiger partial charge >= 0.3 is 0 Å². The van der Waals surface area contributed by atoms with E-state index in [0.29, 0.717) is 25.0 Å². The molecule has 0 spiro atoms. The third-order valence-electron chi connectivity index (χ3n) is 5.46. The summed E-state index contributed by atoms with van der Waals surface area (Å²) < 4.78 is 5.99. The first kappa shape index (κ1) is 17.0. The zero-order valence-electron chi connectivity index (χ0n) is 14.9. The molecule has 2 fully saturated rings. The van der Waals surface area contributed by atoms with Crippen LogP contribution in [0.2, 0.25) is 0 Å². The predicted molar refractivity (Wildman–Crippen MR) is 99.8 cm³/mol. The van der Waals surface area contributed by atoms with Crippen LogP contribution >= 0.6 is 0 Å². The Kier molecular flexibility index (Phi) is 5.16. The SMILES string of the molecule is O=C(Cc1ccccc1OCc1ccncc1)N1CCC[C@H]2CNC[C@H]21. The van der Waals surface area contributed by atoms with Crippen LogP contribution in [0.4, 0.5) is 0 Å². The van der Waals surface area contributed by atoms with Crippen molar-refractivity contribution in [2.45, 2.75) is 31.9 Å². The largest absolute Gasteiger partial charge is 0.489 e. The summed E-state index contributed by atoms with van der Waals surface area (Å²) in [5, 5.41) is 3.44. The van der Waals surface area contributed by atoms with Crippen LogP contribution in [0.1, 0.15) is 24.0 Å². The van der Waals surface area contributed by atoms with Gasteiger partial charge in [0.05, 0.1) is 6.42 Å². The molecule has 5 nitrogen and oxygen atoms in total. The van der Waals surface area contributed by atoms with Gasteiger partial charge in [0.15, 0.2) is 0 Å². The van der Waals surface area contributed by atoms with Crippen molar-refractivity contribution >= 4 is 5.91 Å². The van der Waals surface area contributed by atoms with Crippen molar-refractivity contribution in [2.24, 2.45) is 5.92 Å². The first-order valence-corrected chi connectivity index (χ1v) is 9.41. The molecule has 2 aromatic rings. The van der Waals surface area contributed by atoms with Crippen molar-refractivity contribution in [3.8, 4) is 5.75 Å². The standard InChI is InChI=1S/C21H25N3O2/c25-21(24-11-3-5-18-13-23-14-19(18)24)12-17-4-1-2-6-20(17)26-15-16-7-9-22-10-8-16/h1-2,4,6-10,18-19,23H,3,5,11-15H2/t18-,19+/m0/s1. The van der Waals surface area contributed by atoms with Crippen LogP contribution in [0.5, 0.6) is 5.75 Å². The molecule has 1 N–H and O–H groups in total. The zero-order chi connectivity index (χ0) is 17.8. The number of hydrogen-bond acceptors (Lipinski definition) is 4. The number of para-hydroxylation sites is 1. The Labute approximate surface area is 154 Å². The fourth-order valence-corrected chi connectivity index (χ4v) is 4.07. The number of pyridine rings is 1. The molecule has 2 atom stereocenters. The molecule has 2 aliphatic heterocycles. The topological polar surface area (TPSA) is 54.5 Å². The van der Waals surface area contributed by atoms with Crippen LogP contribution < -0.4 is 10.1 Å². The maximum absolute atomic E-state index is 13.0. The Morgan fingerprint density at radius 1 is 1.19 bits per heavy atom. The molecule has 4 rings (SSSR count). The summed E-state index contributed by atoms with van der Waals surface area (Å²) >= 11 is 0. The lowest BCUT2D eigenvalue weighted by Gasteiger charge is -2.37. The first-order chi connectivity index (χ1) is 12.8. The van der Waals surface area contributed by atoms with Gasteiger partial charge in [0.25, 0.3) is 0 Å². The van der Waals surface area contributed by atoms with Crippen molar-refractivity contribution in [3.63, 3.8) is 0 Å². The number of carbonyl (C=O) groups is 1. The molecule has 1 aromatic heterocycles. The molecule has 0 aliphatic carbocycles. The lowest BCUT2D eigenvalue weighted by atomic mass is 9.91. The summed E-state index contributed by atoms with van der Waals surface area (Å²) in [6, 6.07) is 12.1. The van der Waals surface area contributed by atoms with Gasteiger partial charge in [-0.2, -0.15) is 0 Å². The quantitative estimate of drug-likeness (QED) is 0.899. The fraction of sp³-hybridized carbons (Fsp3) is 0.429. The molecule has 136 valence electrons. The van der Waals surface area contributed by atoms with Gasteiger partial charge < -0.3 is 15.0 Å². The lowest BCUT2D eigenvalue weighted by Crippen LogP contribution is -2.48. The van der Waals surface area contributed by atoms with Gasteiger partial charge in [0.1, 0.15) is 12.4 Å². The third kappa shape index (κ3) is 3.73. The highest BCUT2D eigenvalue weighted by molar-refractivity contribution is 5.80. The van der Waals surface area contributed by atoms with E-state index in [0.717, 1.165) is 42.9 Å². The minimum atomic E-state index is 0.211. The summed E-state index contributed by atoms with van der Waals surface area (Å²) in [7, 11) is 0. The van der Waals surface area contributed by atoms with Crippen LogP contribution in [0.25, 0.3) is 0 Å². The number of carbonyl (C=O) groups excluding carboxylic acids is 1.